The molecule has 0 atom stereocenters. The van der Waals surface area contributed by atoms with E-state index in [2.05, 4.69) is 4.74 Å². The fraction of sp³-hybridized carbons (Fsp3) is 0.800. The highest BCUT2D eigenvalue weighted by Crippen LogP contribution is 1.97. The first-order valence-electron chi connectivity index (χ1n) is 6.31. The van der Waals surface area contributed by atoms with Gasteiger partial charge in [0.15, 0.2) is 0 Å². The molecule has 24 heavy (non-hydrogen) atoms. The second-order valence-electron chi connectivity index (χ2n) is 4.80. The predicted octanol–water partition coefficient (Wildman–Crippen LogP) is 2.85. The van der Waals surface area contributed by atoms with Gasteiger partial charge in [0.1, 0.15) is 0 Å². The normalized spacial score (nSPS) is 7.58. The SMILES string of the molecule is C.C.CN(C)C(=O)N(C)C.COC(=O)N(C)C.CSC(=O)N(C)C. The largest absolute Gasteiger partial charge is 0.453 e. The number of methoxy groups -OCH3 is 1. The van der Waals surface area contributed by atoms with Gasteiger partial charge < -0.3 is 24.3 Å². The van der Waals surface area contributed by atoms with Crippen LogP contribution in [0.2, 0.25) is 0 Å². The van der Waals surface area contributed by atoms with Crippen molar-refractivity contribution in [3.8, 4) is 0 Å². The number of amides is 4. The minimum atomic E-state index is -0.319. The van der Waals surface area contributed by atoms with Crippen LogP contribution in [0.1, 0.15) is 14.9 Å². The van der Waals surface area contributed by atoms with Gasteiger partial charge in [-0.2, -0.15) is 0 Å². The van der Waals surface area contributed by atoms with Crippen LogP contribution in [-0.4, -0.2) is 107 Å². The maximum atomic E-state index is 10.7. The fourth-order valence-electron chi connectivity index (χ4n) is 0.765. The zero-order chi connectivity index (χ0) is 18.5. The first-order chi connectivity index (χ1) is 9.91. The van der Waals surface area contributed by atoms with Crippen LogP contribution in [0, 0.1) is 0 Å². The Bertz CT molecular complexity index is 305. The molecule has 9 heteroatoms. The summed E-state index contributed by atoms with van der Waals surface area (Å²) in [6.45, 7) is 0. The summed E-state index contributed by atoms with van der Waals surface area (Å²) in [5.41, 5.74) is 0. The smallest absolute Gasteiger partial charge is 0.408 e. The minimum Gasteiger partial charge on any atom is -0.453 e. The molecule has 0 saturated carbocycles. The average Bonchev–Trinajstić information content (AvgIpc) is 2.45. The highest BCUT2D eigenvalue weighted by Gasteiger charge is 2.02. The molecule has 0 unspecified atom stereocenters. The summed E-state index contributed by atoms with van der Waals surface area (Å²) in [4.78, 5) is 37.3. The quantitative estimate of drug-likeness (QED) is 0.655. The number of hydrogen-bond donors (Lipinski definition) is 0. The fourth-order valence-corrected chi connectivity index (χ4v) is 1.13. The van der Waals surface area contributed by atoms with Gasteiger partial charge in [0.05, 0.1) is 7.11 Å². The average molecular weight is 371 g/mol. The maximum absolute atomic E-state index is 10.7. The molecule has 0 saturated heterocycles. The van der Waals surface area contributed by atoms with Crippen molar-refractivity contribution in [2.24, 2.45) is 0 Å². The second-order valence-corrected chi connectivity index (χ2v) is 5.56. The van der Waals surface area contributed by atoms with Crippen molar-refractivity contribution in [1.29, 1.82) is 0 Å². The van der Waals surface area contributed by atoms with Crippen molar-refractivity contribution >= 4 is 29.1 Å². The number of urea groups is 1. The molecule has 0 aromatic carbocycles. The highest BCUT2D eigenvalue weighted by atomic mass is 32.2. The number of ether oxygens (including phenoxy) is 1. The molecule has 4 amide bonds. The number of nitrogens with zero attached hydrogens (tertiary/aromatic N) is 4. The molecule has 0 spiro atoms. The van der Waals surface area contributed by atoms with E-state index in [1.807, 2.05) is 0 Å². The number of hydrogen-bond acceptors (Lipinski definition) is 5. The lowest BCUT2D eigenvalue weighted by atomic mass is 10.7. The van der Waals surface area contributed by atoms with E-state index in [0.29, 0.717) is 0 Å². The van der Waals surface area contributed by atoms with Crippen LogP contribution in [0.15, 0.2) is 0 Å². The summed E-state index contributed by atoms with van der Waals surface area (Å²) in [7, 11) is 15.0. The van der Waals surface area contributed by atoms with Gasteiger partial charge >= 0.3 is 12.1 Å². The lowest BCUT2D eigenvalue weighted by Gasteiger charge is -2.16. The lowest BCUT2D eigenvalue weighted by molar-refractivity contribution is 0.141. The van der Waals surface area contributed by atoms with Gasteiger partial charge in [0.25, 0.3) is 5.24 Å². The van der Waals surface area contributed by atoms with E-state index in [0.717, 1.165) is 0 Å². The molecular weight excluding hydrogens is 332 g/mol. The summed E-state index contributed by atoms with van der Waals surface area (Å²) >= 11 is 1.22. The predicted molar refractivity (Wildman–Crippen MR) is 105 cm³/mol. The van der Waals surface area contributed by atoms with Crippen LogP contribution in [0.5, 0.6) is 0 Å². The van der Waals surface area contributed by atoms with Crippen LogP contribution < -0.4 is 0 Å². The van der Waals surface area contributed by atoms with Crippen molar-refractivity contribution in [2.45, 2.75) is 14.9 Å². The molecule has 0 radical (unpaired) electrons. The van der Waals surface area contributed by atoms with Gasteiger partial charge in [-0.05, 0) is 6.26 Å². The first kappa shape index (κ1) is 33.9. The molecule has 0 rings (SSSR count). The highest BCUT2D eigenvalue weighted by molar-refractivity contribution is 8.12. The molecule has 0 heterocycles. The monoisotopic (exact) mass is 370 g/mol. The van der Waals surface area contributed by atoms with Crippen molar-refractivity contribution in [3.05, 3.63) is 0 Å². The Labute approximate surface area is 153 Å². The topological polar surface area (TPSA) is 73.4 Å². The molecule has 0 aliphatic heterocycles. The lowest BCUT2D eigenvalue weighted by Crippen LogP contribution is -2.33. The molecule has 0 bridgehead atoms. The van der Waals surface area contributed by atoms with E-state index in [4.69, 9.17) is 0 Å². The van der Waals surface area contributed by atoms with Crippen molar-refractivity contribution in [2.75, 3.05) is 69.7 Å². The molecule has 0 aromatic heterocycles. The van der Waals surface area contributed by atoms with E-state index >= 15 is 0 Å². The summed E-state index contributed by atoms with van der Waals surface area (Å²) in [6, 6.07) is 0.0185. The third kappa shape index (κ3) is 22.6. The molecule has 0 aliphatic carbocycles. The van der Waals surface area contributed by atoms with E-state index in [-0.39, 0.29) is 32.2 Å². The molecule has 0 fully saturated rings. The summed E-state index contributed by atoms with van der Waals surface area (Å²) in [5.74, 6) is 0. The Kier molecular flexibility index (Phi) is 27.4. The van der Waals surface area contributed by atoms with E-state index < -0.39 is 0 Å². The molecule has 148 valence electrons. The Morgan fingerprint density at radius 1 is 0.708 bits per heavy atom. The van der Waals surface area contributed by atoms with Gasteiger partial charge in [-0.25, -0.2) is 9.59 Å². The maximum Gasteiger partial charge on any atom is 0.408 e. The number of thioether (sulfide) groups is 1. The Balaban J connectivity index is -0.0000000724. The van der Waals surface area contributed by atoms with Gasteiger partial charge in [0, 0.05) is 56.4 Å². The summed E-state index contributed by atoms with van der Waals surface area (Å²) < 4.78 is 4.30. The van der Waals surface area contributed by atoms with Gasteiger partial charge in [-0.15, -0.1) is 0 Å². The van der Waals surface area contributed by atoms with E-state index in [9.17, 15) is 14.4 Å². The second kappa shape index (κ2) is 19.4. The van der Waals surface area contributed by atoms with Crippen LogP contribution in [0.25, 0.3) is 0 Å². The minimum absolute atomic E-state index is 0. The molecule has 8 nitrogen and oxygen atoms in total. The summed E-state index contributed by atoms with van der Waals surface area (Å²) in [5, 5.41) is 0.0972. The molecule has 0 aliphatic rings. The third-order valence-corrected chi connectivity index (χ3v) is 2.56. The van der Waals surface area contributed by atoms with Gasteiger partial charge in [-0.1, -0.05) is 26.6 Å². The third-order valence-electron chi connectivity index (χ3n) is 1.84. The van der Waals surface area contributed by atoms with Gasteiger partial charge in [0.2, 0.25) is 0 Å². The molecule has 0 aromatic rings. The standard InChI is InChI=1S/C5H12N2O.C4H9NO2.C4H9NOS.2CH4/c1-6(2)5(8)7(3)4;2*1-5(2)4(6)7-3;;/h1-4H3;2*1-3H3;2*1H4. The van der Waals surface area contributed by atoms with E-state index in [1.165, 1.54) is 33.6 Å². The Hall–Kier alpha value is -1.64. The van der Waals surface area contributed by atoms with E-state index in [1.54, 1.807) is 67.5 Å². The van der Waals surface area contributed by atoms with Crippen LogP contribution >= 0.6 is 11.8 Å². The zero-order valence-corrected chi connectivity index (χ0v) is 16.1. The van der Waals surface area contributed by atoms with Gasteiger partial charge in [-0.3, -0.25) is 4.79 Å². The zero-order valence-electron chi connectivity index (χ0n) is 15.3. The van der Waals surface area contributed by atoms with Crippen molar-refractivity contribution < 1.29 is 19.1 Å². The Morgan fingerprint density at radius 3 is 1.04 bits per heavy atom. The molecule has 0 N–H and O–H groups in total. The Morgan fingerprint density at radius 2 is 1.04 bits per heavy atom. The number of carbonyl (C=O) groups is 3. The number of rotatable bonds is 0. The van der Waals surface area contributed by atoms with Crippen LogP contribution in [0.4, 0.5) is 14.4 Å². The van der Waals surface area contributed by atoms with Crippen molar-refractivity contribution in [1.82, 2.24) is 19.6 Å². The number of carbonyl (C=O) groups excluding carboxylic acids is 3. The molecular formula is C15H38N4O4S. The van der Waals surface area contributed by atoms with Crippen LogP contribution in [0.3, 0.4) is 0 Å². The van der Waals surface area contributed by atoms with Crippen molar-refractivity contribution in [3.63, 3.8) is 0 Å². The summed E-state index contributed by atoms with van der Waals surface area (Å²) in [6.07, 6.45) is 1.45. The van der Waals surface area contributed by atoms with Crippen LogP contribution in [-0.2, 0) is 4.74 Å². The first-order valence-corrected chi connectivity index (χ1v) is 7.53.